The molecule has 2 heterocycles. The summed E-state index contributed by atoms with van der Waals surface area (Å²) < 4.78 is 24.5. The van der Waals surface area contributed by atoms with Gasteiger partial charge >= 0.3 is 0 Å². The van der Waals surface area contributed by atoms with E-state index in [1.165, 1.54) is 21.9 Å². The van der Waals surface area contributed by atoms with Gasteiger partial charge < -0.3 is 4.90 Å². The van der Waals surface area contributed by atoms with E-state index in [0.29, 0.717) is 25.9 Å². The number of likely N-dealkylation sites (tertiary alicyclic amines) is 1. The van der Waals surface area contributed by atoms with Crippen molar-refractivity contribution in [3.8, 4) is 0 Å². The second kappa shape index (κ2) is 5.83. The fourth-order valence-corrected chi connectivity index (χ4v) is 4.08. The molecule has 1 aromatic rings. The molecule has 0 spiro atoms. The van der Waals surface area contributed by atoms with Gasteiger partial charge in [0.05, 0.1) is 11.1 Å². The first-order valence-corrected chi connectivity index (χ1v) is 9.30. The van der Waals surface area contributed by atoms with Crippen molar-refractivity contribution in [2.75, 3.05) is 26.4 Å². The van der Waals surface area contributed by atoms with E-state index in [0.717, 1.165) is 10.4 Å². The SMILES string of the molecule is Cc1ccsc1C(=O)N1CCC(N(C)S(C)(=O)=O)CC1. The van der Waals surface area contributed by atoms with Crippen LogP contribution in [0.1, 0.15) is 28.1 Å². The average Bonchev–Trinajstić information content (AvgIpc) is 2.82. The minimum absolute atomic E-state index is 0.00140. The number of aryl methyl sites for hydroxylation is 1. The highest BCUT2D eigenvalue weighted by molar-refractivity contribution is 7.88. The predicted octanol–water partition coefficient (Wildman–Crippen LogP) is 1.55. The summed E-state index contributed by atoms with van der Waals surface area (Å²) in [6, 6.07) is 1.95. The van der Waals surface area contributed by atoms with Crippen LogP contribution in [-0.2, 0) is 10.0 Å². The molecule has 0 unspecified atom stereocenters. The van der Waals surface area contributed by atoms with Crippen LogP contribution in [-0.4, -0.2) is 56.0 Å². The van der Waals surface area contributed by atoms with Crippen molar-refractivity contribution in [1.82, 2.24) is 9.21 Å². The molecule has 112 valence electrons. The second-order valence-corrected chi connectivity index (χ2v) is 8.19. The Hall–Kier alpha value is -0.920. The smallest absolute Gasteiger partial charge is 0.264 e. The van der Waals surface area contributed by atoms with E-state index in [-0.39, 0.29) is 11.9 Å². The lowest BCUT2D eigenvalue weighted by molar-refractivity contribution is 0.0690. The molecule has 0 atom stereocenters. The topological polar surface area (TPSA) is 57.7 Å². The van der Waals surface area contributed by atoms with Gasteiger partial charge in [-0.15, -0.1) is 11.3 Å². The van der Waals surface area contributed by atoms with Gasteiger partial charge in [0, 0.05) is 26.2 Å². The standard InChI is InChI=1S/C13H20N2O3S2/c1-10-6-9-19-12(10)13(16)15-7-4-11(5-8-15)14(2)20(3,17)18/h6,9,11H,4-5,7-8H2,1-3H3. The van der Waals surface area contributed by atoms with E-state index < -0.39 is 10.0 Å². The molecule has 0 aliphatic carbocycles. The number of nitrogens with zero attached hydrogens (tertiary/aromatic N) is 2. The van der Waals surface area contributed by atoms with Crippen LogP contribution in [0, 0.1) is 6.92 Å². The summed E-state index contributed by atoms with van der Waals surface area (Å²) in [5.74, 6) is 0.0676. The Kier molecular flexibility index (Phi) is 4.51. The number of piperidine rings is 1. The van der Waals surface area contributed by atoms with E-state index in [9.17, 15) is 13.2 Å². The summed E-state index contributed by atoms with van der Waals surface area (Å²) in [7, 11) is -1.55. The molecule has 5 nitrogen and oxygen atoms in total. The maximum absolute atomic E-state index is 12.4. The molecule has 0 bridgehead atoms. The summed E-state index contributed by atoms with van der Waals surface area (Å²) in [4.78, 5) is 15.0. The molecule has 2 rings (SSSR count). The van der Waals surface area contributed by atoms with Crippen molar-refractivity contribution < 1.29 is 13.2 Å². The van der Waals surface area contributed by atoms with Crippen molar-refractivity contribution in [3.63, 3.8) is 0 Å². The highest BCUT2D eigenvalue weighted by Crippen LogP contribution is 2.22. The summed E-state index contributed by atoms with van der Waals surface area (Å²) in [6.45, 7) is 3.16. The predicted molar refractivity (Wildman–Crippen MR) is 80.6 cm³/mol. The maximum Gasteiger partial charge on any atom is 0.264 e. The maximum atomic E-state index is 12.4. The van der Waals surface area contributed by atoms with Crippen LogP contribution < -0.4 is 0 Å². The lowest BCUT2D eigenvalue weighted by Gasteiger charge is -2.35. The Morgan fingerprint density at radius 1 is 1.40 bits per heavy atom. The molecule has 0 aromatic carbocycles. The van der Waals surface area contributed by atoms with E-state index in [1.807, 2.05) is 23.3 Å². The van der Waals surface area contributed by atoms with Crippen molar-refractivity contribution in [3.05, 3.63) is 21.9 Å². The Labute approximate surface area is 124 Å². The average molecular weight is 316 g/mol. The van der Waals surface area contributed by atoms with Crippen LogP contribution in [0.2, 0.25) is 0 Å². The Bertz CT molecular complexity index is 587. The Morgan fingerprint density at radius 2 is 2.00 bits per heavy atom. The number of thiophene rings is 1. The third-order valence-corrected chi connectivity index (χ3v) is 6.19. The molecule has 1 aromatic heterocycles. The van der Waals surface area contributed by atoms with E-state index in [2.05, 4.69) is 0 Å². The molecule has 20 heavy (non-hydrogen) atoms. The van der Waals surface area contributed by atoms with Crippen molar-refractivity contribution >= 4 is 27.3 Å². The number of sulfonamides is 1. The monoisotopic (exact) mass is 316 g/mol. The molecular formula is C13H20N2O3S2. The van der Waals surface area contributed by atoms with Crippen LogP contribution in [0.3, 0.4) is 0 Å². The van der Waals surface area contributed by atoms with Crippen molar-refractivity contribution in [1.29, 1.82) is 0 Å². The molecule has 1 aliphatic rings. The van der Waals surface area contributed by atoms with Gasteiger partial charge in [0.15, 0.2) is 0 Å². The van der Waals surface area contributed by atoms with Crippen molar-refractivity contribution in [2.24, 2.45) is 0 Å². The largest absolute Gasteiger partial charge is 0.338 e. The van der Waals surface area contributed by atoms with Gasteiger partial charge in [-0.2, -0.15) is 0 Å². The van der Waals surface area contributed by atoms with E-state index in [4.69, 9.17) is 0 Å². The zero-order chi connectivity index (χ0) is 14.9. The molecule has 0 radical (unpaired) electrons. The molecule has 1 amide bonds. The Morgan fingerprint density at radius 3 is 2.45 bits per heavy atom. The normalized spacial score (nSPS) is 17.7. The summed E-state index contributed by atoms with van der Waals surface area (Å²) in [5.41, 5.74) is 1.01. The molecule has 0 saturated carbocycles. The summed E-state index contributed by atoms with van der Waals surface area (Å²) in [5, 5.41) is 1.92. The first-order chi connectivity index (χ1) is 9.30. The van der Waals surface area contributed by atoms with E-state index >= 15 is 0 Å². The molecule has 7 heteroatoms. The molecule has 1 aliphatic heterocycles. The van der Waals surface area contributed by atoms with Gasteiger partial charge in [0.2, 0.25) is 10.0 Å². The number of carbonyl (C=O) groups is 1. The van der Waals surface area contributed by atoms with Gasteiger partial charge in [-0.3, -0.25) is 4.79 Å². The summed E-state index contributed by atoms with van der Waals surface area (Å²) in [6.07, 6.45) is 2.61. The van der Waals surface area contributed by atoms with Gasteiger partial charge in [-0.25, -0.2) is 12.7 Å². The fraction of sp³-hybridized carbons (Fsp3) is 0.615. The van der Waals surface area contributed by atoms with Crippen LogP contribution >= 0.6 is 11.3 Å². The lowest BCUT2D eigenvalue weighted by atomic mass is 10.0. The number of hydrogen-bond acceptors (Lipinski definition) is 4. The van der Waals surface area contributed by atoms with Crippen LogP contribution in [0.4, 0.5) is 0 Å². The fourth-order valence-electron chi connectivity index (χ4n) is 2.44. The first kappa shape index (κ1) is 15.5. The third kappa shape index (κ3) is 3.21. The van der Waals surface area contributed by atoms with Crippen LogP contribution in [0.25, 0.3) is 0 Å². The Balaban J connectivity index is 1.98. The number of hydrogen-bond donors (Lipinski definition) is 0. The highest BCUT2D eigenvalue weighted by Gasteiger charge is 2.29. The zero-order valence-electron chi connectivity index (χ0n) is 12.0. The highest BCUT2D eigenvalue weighted by atomic mass is 32.2. The summed E-state index contributed by atoms with van der Waals surface area (Å²) >= 11 is 1.47. The molecular weight excluding hydrogens is 296 g/mol. The molecule has 1 fully saturated rings. The number of carbonyl (C=O) groups excluding carboxylic acids is 1. The van der Waals surface area contributed by atoms with Gasteiger partial charge in [0.1, 0.15) is 0 Å². The van der Waals surface area contributed by atoms with Crippen molar-refractivity contribution in [2.45, 2.75) is 25.8 Å². The molecule has 1 saturated heterocycles. The van der Waals surface area contributed by atoms with Gasteiger partial charge in [-0.05, 0) is 36.8 Å². The van der Waals surface area contributed by atoms with Gasteiger partial charge in [0.25, 0.3) is 5.91 Å². The van der Waals surface area contributed by atoms with Gasteiger partial charge in [-0.1, -0.05) is 0 Å². The minimum Gasteiger partial charge on any atom is -0.338 e. The third-order valence-electron chi connectivity index (χ3n) is 3.85. The first-order valence-electron chi connectivity index (χ1n) is 6.57. The number of rotatable bonds is 3. The number of amides is 1. The lowest BCUT2D eigenvalue weighted by Crippen LogP contribution is -2.46. The zero-order valence-corrected chi connectivity index (χ0v) is 13.6. The minimum atomic E-state index is -3.16. The quantitative estimate of drug-likeness (QED) is 0.850. The molecule has 0 N–H and O–H groups in total. The second-order valence-electron chi connectivity index (χ2n) is 5.24. The van der Waals surface area contributed by atoms with Crippen LogP contribution in [0.15, 0.2) is 11.4 Å². The van der Waals surface area contributed by atoms with E-state index in [1.54, 1.807) is 7.05 Å². The van der Waals surface area contributed by atoms with Crippen LogP contribution in [0.5, 0.6) is 0 Å².